The lowest BCUT2D eigenvalue weighted by Gasteiger charge is -2.07. The van der Waals surface area contributed by atoms with Crippen LogP contribution in [0, 0.1) is 0 Å². The minimum absolute atomic E-state index is 0.165. The fraction of sp³-hybridized carbons (Fsp3) is 0.273. The van der Waals surface area contributed by atoms with Crippen LogP contribution in [0.5, 0.6) is 0 Å². The second kappa shape index (κ2) is 6.93. The Bertz CT molecular complexity index is 439. The van der Waals surface area contributed by atoms with Crippen molar-refractivity contribution in [3.8, 4) is 0 Å². The third kappa shape index (κ3) is 5.02. The molecule has 1 amide bonds. The van der Waals surface area contributed by atoms with Crippen LogP contribution in [0.15, 0.2) is 22.7 Å². The Balaban J connectivity index is 2.52. The summed E-state index contributed by atoms with van der Waals surface area (Å²) in [7, 11) is 0. The smallest absolute Gasteiger partial charge is 0.252 e. The average Bonchev–Trinajstić information content (AvgIpc) is 2.27. The van der Waals surface area contributed by atoms with Crippen molar-refractivity contribution in [2.24, 2.45) is 5.73 Å². The average molecular weight is 336 g/mol. The molecule has 0 atom stereocenters. The molecule has 0 fully saturated rings. The van der Waals surface area contributed by atoms with Crippen LogP contribution >= 0.6 is 39.7 Å². The molecule has 1 aromatic carbocycles. The molecule has 0 radical (unpaired) electrons. The number of amides is 1. The lowest BCUT2D eigenvalue weighted by Crippen LogP contribution is -2.25. The van der Waals surface area contributed by atoms with Crippen LogP contribution in [0.4, 0.5) is 0 Å². The monoisotopic (exact) mass is 334 g/mol. The van der Waals surface area contributed by atoms with Crippen LogP contribution in [0.3, 0.4) is 0 Å². The van der Waals surface area contributed by atoms with E-state index < -0.39 is 0 Å². The number of carbonyl (C=O) groups excluding carboxylic acids is 1. The van der Waals surface area contributed by atoms with Gasteiger partial charge in [0, 0.05) is 16.0 Å². The highest BCUT2D eigenvalue weighted by Gasteiger charge is 2.09. The first-order valence-corrected chi connectivity index (χ1v) is 6.60. The molecule has 3 N–H and O–H groups in total. The topological polar surface area (TPSA) is 55.1 Å². The quantitative estimate of drug-likeness (QED) is 0.642. The summed E-state index contributed by atoms with van der Waals surface area (Å²) in [6.07, 6.45) is 1.37. The summed E-state index contributed by atoms with van der Waals surface area (Å²) in [6, 6.07) is 5.08. The summed E-state index contributed by atoms with van der Waals surface area (Å²) in [6.45, 7) is 0.537. The normalized spacial score (nSPS) is 10.0. The van der Waals surface area contributed by atoms with Crippen molar-refractivity contribution in [2.75, 3.05) is 6.54 Å². The van der Waals surface area contributed by atoms with E-state index in [0.717, 1.165) is 6.42 Å². The molecule has 0 saturated carbocycles. The largest absolute Gasteiger partial charge is 0.393 e. The first kappa shape index (κ1) is 14.4. The van der Waals surface area contributed by atoms with E-state index >= 15 is 0 Å². The molecule has 1 rings (SSSR count). The predicted molar refractivity (Wildman–Crippen MR) is 77.5 cm³/mol. The molecule has 0 aliphatic rings. The molecule has 0 aromatic heterocycles. The van der Waals surface area contributed by atoms with Gasteiger partial charge in [-0.25, -0.2) is 0 Å². The fourth-order valence-electron chi connectivity index (χ4n) is 1.23. The highest BCUT2D eigenvalue weighted by Crippen LogP contribution is 2.20. The van der Waals surface area contributed by atoms with Crippen LogP contribution < -0.4 is 11.1 Å². The number of nitrogens with one attached hydrogen (secondary N) is 1. The van der Waals surface area contributed by atoms with E-state index in [1.54, 1.807) is 18.2 Å². The van der Waals surface area contributed by atoms with Crippen molar-refractivity contribution in [3.63, 3.8) is 0 Å². The number of hydrogen-bond acceptors (Lipinski definition) is 2. The van der Waals surface area contributed by atoms with Crippen molar-refractivity contribution in [1.29, 1.82) is 0 Å². The summed E-state index contributed by atoms with van der Waals surface area (Å²) in [5.74, 6) is -0.165. The van der Waals surface area contributed by atoms with E-state index in [4.69, 9.17) is 29.6 Å². The van der Waals surface area contributed by atoms with Gasteiger partial charge in [-0.05, 0) is 47.0 Å². The van der Waals surface area contributed by atoms with Crippen molar-refractivity contribution in [2.45, 2.75) is 12.8 Å². The van der Waals surface area contributed by atoms with E-state index in [1.807, 2.05) is 0 Å². The lowest BCUT2D eigenvalue weighted by molar-refractivity contribution is 0.0952. The van der Waals surface area contributed by atoms with Crippen molar-refractivity contribution in [1.82, 2.24) is 5.32 Å². The van der Waals surface area contributed by atoms with Crippen LogP contribution in [0.25, 0.3) is 0 Å². The lowest BCUT2D eigenvalue weighted by atomic mass is 10.2. The van der Waals surface area contributed by atoms with E-state index in [0.29, 0.717) is 33.0 Å². The number of hydrogen-bond donors (Lipinski definition) is 2. The van der Waals surface area contributed by atoms with Gasteiger partial charge in [0.2, 0.25) is 0 Å². The zero-order valence-corrected chi connectivity index (χ0v) is 12.2. The SMILES string of the molecule is NC(=S)CCCNC(=O)c1cc(Cl)ccc1Br. The Morgan fingerprint density at radius 2 is 2.24 bits per heavy atom. The van der Waals surface area contributed by atoms with Gasteiger partial charge in [0.1, 0.15) is 0 Å². The number of carbonyl (C=O) groups is 1. The molecule has 1 aromatic rings. The van der Waals surface area contributed by atoms with Crippen molar-refractivity contribution >= 4 is 50.6 Å². The zero-order valence-electron chi connectivity index (χ0n) is 9.00. The Kier molecular flexibility index (Phi) is 5.88. The zero-order chi connectivity index (χ0) is 12.8. The van der Waals surface area contributed by atoms with E-state index in [9.17, 15) is 4.79 Å². The summed E-state index contributed by atoms with van der Waals surface area (Å²) in [5.41, 5.74) is 5.88. The number of benzene rings is 1. The van der Waals surface area contributed by atoms with Crippen LogP contribution in [-0.2, 0) is 0 Å². The van der Waals surface area contributed by atoms with Gasteiger partial charge in [-0.1, -0.05) is 23.8 Å². The van der Waals surface area contributed by atoms with Crippen LogP contribution in [0.1, 0.15) is 23.2 Å². The van der Waals surface area contributed by atoms with Gasteiger partial charge in [0.05, 0.1) is 10.6 Å². The Hall–Kier alpha value is -0.650. The second-order valence-corrected chi connectivity index (χ2v) is 5.27. The van der Waals surface area contributed by atoms with Crippen LogP contribution in [0.2, 0.25) is 5.02 Å². The first-order valence-electron chi connectivity index (χ1n) is 5.02. The Labute approximate surface area is 119 Å². The van der Waals surface area contributed by atoms with Gasteiger partial charge in [-0.2, -0.15) is 0 Å². The molecule has 6 heteroatoms. The standard InChI is InChI=1S/C11H12BrClN2OS/c12-9-4-3-7(13)6-8(9)11(16)15-5-1-2-10(14)17/h3-4,6H,1-2,5H2,(H2,14,17)(H,15,16). The maximum Gasteiger partial charge on any atom is 0.252 e. The number of halogens is 2. The van der Waals surface area contributed by atoms with Gasteiger partial charge in [0.25, 0.3) is 5.91 Å². The molecule has 0 spiro atoms. The molecule has 0 saturated heterocycles. The molecule has 3 nitrogen and oxygen atoms in total. The molecule has 0 bridgehead atoms. The van der Waals surface area contributed by atoms with Gasteiger partial charge >= 0.3 is 0 Å². The molecule has 17 heavy (non-hydrogen) atoms. The summed E-state index contributed by atoms with van der Waals surface area (Å²) >= 11 is 13.9. The third-order valence-electron chi connectivity index (χ3n) is 2.06. The number of nitrogens with two attached hydrogens (primary N) is 1. The first-order chi connectivity index (χ1) is 8.00. The van der Waals surface area contributed by atoms with Gasteiger partial charge in [-0.15, -0.1) is 0 Å². The highest BCUT2D eigenvalue weighted by atomic mass is 79.9. The molecule has 92 valence electrons. The molecule has 0 heterocycles. The molecular formula is C11H12BrClN2OS. The number of thiocarbonyl (C=S) groups is 1. The minimum Gasteiger partial charge on any atom is -0.393 e. The summed E-state index contributed by atoms with van der Waals surface area (Å²) in [4.78, 5) is 12.3. The van der Waals surface area contributed by atoms with E-state index in [1.165, 1.54) is 0 Å². The second-order valence-electron chi connectivity index (χ2n) is 3.45. The van der Waals surface area contributed by atoms with Gasteiger partial charge < -0.3 is 11.1 Å². The van der Waals surface area contributed by atoms with Gasteiger partial charge in [0.15, 0.2) is 0 Å². The Morgan fingerprint density at radius 1 is 1.53 bits per heavy atom. The van der Waals surface area contributed by atoms with Crippen LogP contribution in [-0.4, -0.2) is 17.4 Å². The maximum absolute atomic E-state index is 11.8. The predicted octanol–water partition coefficient (Wildman–Crippen LogP) is 2.90. The maximum atomic E-state index is 11.8. The highest BCUT2D eigenvalue weighted by molar-refractivity contribution is 9.10. The minimum atomic E-state index is -0.165. The summed E-state index contributed by atoms with van der Waals surface area (Å²) in [5, 5.41) is 3.31. The van der Waals surface area contributed by atoms with Crippen molar-refractivity contribution < 1.29 is 4.79 Å². The summed E-state index contributed by atoms with van der Waals surface area (Å²) < 4.78 is 0.716. The number of rotatable bonds is 5. The molecule has 0 aliphatic carbocycles. The van der Waals surface area contributed by atoms with Gasteiger partial charge in [-0.3, -0.25) is 4.79 Å². The van der Waals surface area contributed by atoms with E-state index in [2.05, 4.69) is 21.2 Å². The molecule has 0 unspecified atom stereocenters. The third-order valence-corrected chi connectivity index (χ3v) is 3.19. The Morgan fingerprint density at radius 3 is 2.88 bits per heavy atom. The van der Waals surface area contributed by atoms with Crippen molar-refractivity contribution in [3.05, 3.63) is 33.3 Å². The molecular weight excluding hydrogens is 324 g/mol. The molecule has 0 aliphatic heterocycles. The van der Waals surface area contributed by atoms with E-state index in [-0.39, 0.29) is 5.91 Å². The fourth-order valence-corrected chi connectivity index (χ4v) is 1.97.